The first-order valence-electron chi connectivity index (χ1n) is 5.00. The minimum absolute atomic E-state index is 0.333. The van der Waals surface area contributed by atoms with Crippen molar-refractivity contribution in [3.63, 3.8) is 0 Å². The number of hydrogen-bond acceptors (Lipinski definition) is 4. The number of carbonyl (C=O) groups excluding carboxylic acids is 1. The van der Waals surface area contributed by atoms with Crippen LogP contribution in [-0.4, -0.2) is 24.6 Å². The zero-order valence-corrected chi connectivity index (χ0v) is 9.56. The molecule has 1 heterocycles. The number of pyridine rings is 1. The predicted octanol–water partition coefficient (Wildman–Crippen LogP) is 1.25. The van der Waals surface area contributed by atoms with Crippen LogP contribution in [0, 0.1) is 0 Å². The smallest absolute Gasteiger partial charge is 0.330 e. The summed E-state index contributed by atoms with van der Waals surface area (Å²) in [5.74, 6) is -0.333. The van der Waals surface area contributed by atoms with Gasteiger partial charge in [-0.3, -0.25) is 10.3 Å². The fourth-order valence-electron chi connectivity index (χ4n) is 1.46. The monoisotopic (exact) mass is 220 g/mol. The van der Waals surface area contributed by atoms with Crippen molar-refractivity contribution in [2.75, 3.05) is 13.7 Å². The highest BCUT2D eigenvalue weighted by Gasteiger charge is 2.35. The van der Waals surface area contributed by atoms with E-state index in [0.717, 1.165) is 5.56 Å². The summed E-state index contributed by atoms with van der Waals surface area (Å²) >= 11 is 0. The van der Waals surface area contributed by atoms with Crippen molar-refractivity contribution in [3.8, 4) is 0 Å². The van der Waals surface area contributed by atoms with Gasteiger partial charge in [0.15, 0.2) is 0 Å². The van der Waals surface area contributed by atoms with E-state index in [4.69, 9.17) is 4.74 Å². The normalized spacial score (nSPS) is 13.9. The summed E-state index contributed by atoms with van der Waals surface area (Å²) in [6.45, 7) is 5.91. The molecule has 86 valence electrons. The molecule has 0 saturated heterocycles. The third-order valence-electron chi connectivity index (χ3n) is 2.45. The summed E-state index contributed by atoms with van der Waals surface area (Å²) in [6, 6.07) is 3.57. The lowest BCUT2D eigenvalue weighted by molar-refractivity contribution is -0.148. The summed E-state index contributed by atoms with van der Waals surface area (Å²) in [4.78, 5) is 15.7. The maximum Gasteiger partial charge on any atom is 0.330 e. The van der Waals surface area contributed by atoms with E-state index in [0.29, 0.717) is 6.54 Å². The van der Waals surface area contributed by atoms with E-state index in [1.807, 2.05) is 0 Å². The summed E-state index contributed by atoms with van der Waals surface area (Å²) in [5.41, 5.74) is -0.0532. The average molecular weight is 220 g/mol. The summed E-state index contributed by atoms with van der Waals surface area (Å²) in [7, 11) is 1.37. The van der Waals surface area contributed by atoms with Gasteiger partial charge in [-0.05, 0) is 24.6 Å². The van der Waals surface area contributed by atoms with Gasteiger partial charge in [0.25, 0.3) is 0 Å². The molecule has 0 aliphatic heterocycles. The fraction of sp³-hybridized carbons (Fsp3) is 0.333. The molecule has 0 aromatic carbocycles. The fourth-order valence-corrected chi connectivity index (χ4v) is 1.46. The highest BCUT2D eigenvalue weighted by Crippen LogP contribution is 2.21. The molecule has 0 bridgehead atoms. The van der Waals surface area contributed by atoms with Crippen LogP contribution in [0.3, 0.4) is 0 Å². The van der Waals surface area contributed by atoms with Crippen molar-refractivity contribution >= 4 is 5.97 Å². The molecule has 0 aliphatic rings. The van der Waals surface area contributed by atoms with Crippen LogP contribution >= 0.6 is 0 Å². The molecule has 1 atom stereocenters. The molecule has 0 aliphatic carbocycles. The average Bonchev–Trinajstić information content (AvgIpc) is 2.36. The molecule has 1 unspecified atom stereocenters. The van der Waals surface area contributed by atoms with Crippen molar-refractivity contribution < 1.29 is 9.53 Å². The molecule has 0 radical (unpaired) electrons. The Morgan fingerprint density at radius 3 is 2.75 bits per heavy atom. The number of ether oxygens (including phenoxy) is 1. The second kappa shape index (κ2) is 5.42. The lowest BCUT2D eigenvalue weighted by atomic mass is 9.93. The van der Waals surface area contributed by atoms with Gasteiger partial charge in [-0.2, -0.15) is 0 Å². The van der Waals surface area contributed by atoms with E-state index in [1.54, 1.807) is 37.5 Å². The topological polar surface area (TPSA) is 51.2 Å². The van der Waals surface area contributed by atoms with Crippen LogP contribution in [-0.2, 0) is 15.1 Å². The molecule has 0 amide bonds. The number of esters is 1. The molecule has 1 aromatic rings. The Kier molecular flexibility index (Phi) is 4.19. The van der Waals surface area contributed by atoms with Crippen LogP contribution in [0.15, 0.2) is 37.2 Å². The Balaban J connectivity index is 3.04. The molecule has 0 saturated carbocycles. The Bertz CT molecular complexity index is 365. The van der Waals surface area contributed by atoms with E-state index in [-0.39, 0.29) is 5.97 Å². The van der Waals surface area contributed by atoms with Gasteiger partial charge in [0.1, 0.15) is 5.54 Å². The summed E-state index contributed by atoms with van der Waals surface area (Å²) in [5, 5.41) is 3.09. The largest absolute Gasteiger partial charge is 0.467 e. The van der Waals surface area contributed by atoms with Crippen LogP contribution in [0.4, 0.5) is 0 Å². The summed E-state index contributed by atoms with van der Waals surface area (Å²) in [6.07, 6.45) is 4.99. The Morgan fingerprint density at radius 2 is 2.25 bits per heavy atom. The van der Waals surface area contributed by atoms with Crippen molar-refractivity contribution in [2.45, 2.75) is 12.5 Å². The number of nitrogens with zero attached hydrogens (tertiary/aromatic N) is 1. The second-order valence-corrected chi connectivity index (χ2v) is 3.52. The summed E-state index contributed by atoms with van der Waals surface area (Å²) < 4.78 is 4.81. The molecular formula is C12H16N2O2. The van der Waals surface area contributed by atoms with Crippen molar-refractivity contribution in [1.82, 2.24) is 10.3 Å². The predicted molar refractivity (Wildman–Crippen MR) is 61.8 cm³/mol. The van der Waals surface area contributed by atoms with Gasteiger partial charge in [0, 0.05) is 18.9 Å². The standard InChI is InChI=1S/C12H16N2O2/c1-4-7-14-12(2,11(15)16-3)10-5-8-13-9-6-10/h4-6,8-9,14H,1,7H2,2-3H3. The molecule has 1 rings (SSSR count). The number of rotatable bonds is 5. The van der Waals surface area contributed by atoms with Crippen LogP contribution in [0.5, 0.6) is 0 Å². The van der Waals surface area contributed by atoms with Gasteiger partial charge in [0.2, 0.25) is 0 Å². The minimum Gasteiger partial charge on any atom is -0.467 e. The molecular weight excluding hydrogens is 204 g/mol. The molecule has 16 heavy (non-hydrogen) atoms. The van der Waals surface area contributed by atoms with Gasteiger partial charge in [-0.1, -0.05) is 6.08 Å². The maximum absolute atomic E-state index is 11.8. The zero-order chi connectivity index (χ0) is 12.0. The first-order valence-corrected chi connectivity index (χ1v) is 5.00. The number of carbonyl (C=O) groups is 1. The lowest BCUT2D eigenvalue weighted by Gasteiger charge is -2.27. The van der Waals surface area contributed by atoms with Gasteiger partial charge < -0.3 is 4.74 Å². The SMILES string of the molecule is C=CCNC(C)(C(=O)OC)c1ccncc1. The first kappa shape index (κ1) is 12.4. The number of nitrogens with one attached hydrogen (secondary N) is 1. The van der Waals surface area contributed by atoms with E-state index < -0.39 is 5.54 Å². The van der Waals surface area contributed by atoms with Crippen molar-refractivity contribution in [2.24, 2.45) is 0 Å². The number of hydrogen-bond donors (Lipinski definition) is 1. The van der Waals surface area contributed by atoms with E-state index in [1.165, 1.54) is 7.11 Å². The molecule has 1 N–H and O–H groups in total. The van der Waals surface area contributed by atoms with E-state index >= 15 is 0 Å². The van der Waals surface area contributed by atoms with Crippen LogP contribution in [0.2, 0.25) is 0 Å². The zero-order valence-electron chi connectivity index (χ0n) is 9.56. The number of methoxy groups -OCH3 is 1. The van der Waals surface area contributed by atoms with Gasteiger partial charge >= 0.3 is 5.97 Å². The highest BCUT2D eigenvalue weighted by molar-refractivity contribution is 5.82. The van der Waals surface area contributed by atoms with Crippen LogP contribution in [0.25, 0.3) is 0 Å². The highest BCUT2D eigenvalue weighted by atomic mass is 16.5. The lowest BCUT2D eigenvalue weighted by Crippen LogP contribution is -2.47. The van der Waals surface area contributed by atoms with E-state index in [9.17, 15) is 4.79 Å². The van der Waals surface area contributed by atoms with Crippen molar-refractivity contribution in [1.29, 1.82) is 0 Å². The Morgan fingerprint density at radius 1 is 1.62 bits per heavy atom. The third-order valence-corrected chi connectivity index (χ3v) is 2.45. The molecule has 4 heteroatoms. The van der Waals surface area contributed by atoms with E-state index in [2.05, 4.69) is 16.9 Å². The number of aromatic nitrogens is 1. The molecule has 1 aromatic heterocycles. The molecule has 0 spiro atoms. The maximum atomic E-state index is 11.8. The van der Waals surface area contributed by atoms with Crippen LogP contribution < -0.4 is 5.32 Å². The first-order chi connectivity index (χ1) is 7.65. The van der Waals surface area contributed by atoms with Gasteiger partial charge in [-0.15, -0.1) is 6.58 Å². The van der Waals surface area contributed by atoms with Crippen LogP contribution in [0.1, 0.15) is 12.5 Å². The quantitative estimate of drug-likeness (QED) is 0.599. The van der Waals surface area contributed by atoms with Gasteiger partial charge in [-0.25, -0.2) is 4.79 Å². The minimum atomic E-state index is -0.869. The molecule has 4 nitrogen and oxygen atoms in total. The van der Waals surface area contributed by atoms with Crippen molar-refractivity contribution in [3.05, 3.63) is 42.7 Å². The molecule has 0 fully saturated rings. The second-order valence-electron chi connectivity index (χ2n) is 3.52. The third kappa shape index (κ3) is 2.46. The van der Waals surface area contributed by atoms with Gasteiger partial charge in [0.05, 0.1) is 7.11 Å². The Hall–Kier alpha value is -1.68. The Labute approximate surface area is 95.3 Å².